The van der Waals surface area contributed by atoms with E-state index in [0.29, 0.717) is 16.7 Å². The summed E-state index contributed by atoms with van der Waals surface area (Å²) in [7, 11) is -2.31. The average Bonchev–Trinajstić information content (AvgIpc) is 3.32. The molecule has 166 valence electrons. The summed E-state index contributed by atoms with van der Waals surface area (Å²) in [6, 6.07) is 19.1. The molecule has 0 bridgehead atoms. The van der Waals surface area contributed by atoms with Crippen molar-refractivity contribution in [1.82, 2.24) is 4.57 Å². The van der Waals surface area contributed by atoms with Crippen molar-refractivity contribution in [3.8, 4) is 0 Å². The summed E-state index contributed by atoms with van der Waals surface area (Å²) in [5.41, 5.74) is 2.49. The van der Waals surface area contributed by atoms with Crippen molar-refractivity contribution in [2.24, 2.45) is 4.99 Å². The molecule has 0 radical (unpaired) electrons. The molecule has 1 heterocycles. The molecule has 3 aromatic rings. The Bertz CT molecular complexity index is 1290. The molecular weight excluding hydrogens is 422 g/mol. The first-order valence-electron chi connectivity index (χ1n) is 10.8. The van der Waals surface area contributed by atoms with Gasteiger partial charge in [0.2, 0.25) is 0 Å². The Kier molecular flexibility index (Phi) is 6.28. The number of sulfonamides is 1. The van der Waals surface area contributed by atoms with Gasteiger partial charge in [-0.25, -0.2) is 8.42 Å². The van der Waals surface area contributed by atoms with E-state index in [1.54, 1.807) is 36.5 Å². The van der Waals surface area contributed by atoms with Crippen molar-refractivity contribution >= 4 is 21.6 Å². The van der Waals surface area contributed by atoms with Gasteiger partial charge in [0.25, 0.3) is 15.9 Å². The zero-order chi connectivity index (χ0) is 22.7. The van der Waals surface area contributed by atoms with E-state index in [2.05, 4.69) is 0 Å². The summed E-state index contributed by atoms with van der Waals surface area (Å²) in [6.45, 7) is 1.95. The monoisotopic (exact) mass is 449 g/mol. The maximum Gasteiger partial charge on any atom is 0.264 e. The first-order valence-corrected chi connectivity index (χ1v) is 12.2. The molecule has 0 atom stereocenters. The molecule has 1 aromatic heterocycles. The van der Waals surface area contributed by atoms with E-state index in [1.165, 1.54) is 28.1 Å². The number of hydrogen-bond donors (Lipinski definition) is 0. The predicted molar refractivity (Wildman–Crippen MR) is 125 cm³/mol. The van der Waals surface area contributed by atoms with Gasteiger partial charge >= 0.3 is 0 Å². The second-order valence-electron chi connectivity index (χ2n) is 8.14. The lowest BCUT2D eigenvalue weighted by molar-refractivity contribution is 0.0954. The van der Waals surface area contributed by atoms with Gasteiger partial charge < -0.3 is 0 Å². The molecule has 0 unspecified atom stereocenters. The van der Waals surface area contributed by atoms with Gasteiger partial charge in [0.15, 0.2) is 0 Å². The van der Waals surface area contributed by atoms with Crippen molar-refractivity contribution in [1.29, 1.82) is 0 Å². The SMILES string of the molecule is Cc1ccc(N(C)S(=O)(=O)c2cccc(C(=O)n3ccccc3=NC3CCCC3)c2)cc1. The number of rotatable bonds is 5. The number of hydrogen-bond acceptors (Lipinski definition) is 4. The third-order valence-electron chi connectivity index (χ3n) is 5.83. The Morgan fingerprint density at radius 3 is 2.44 bits per heavy atom. The third-order valence-corrected chi connectivity index (χ3v) is 7.62. The van der Waals surface area contributed by atoms with Gasteiger partial charge in [0, 0.05) is 18.8 Å². The molecule has 4 rings (SSSR count). The van der Waals surface area contributed by atoms with Gasteiger partial charge in [-0.2, -0.15) is 0 Å². The zero-order valence-corrected chi connectivity index (χ0v) is 19.1. The quantitative estimate of drug-likeness (QED) is 0.587. The van der Waals surface area contributed by atoms with E-state index in [0.717, 1.165) is 31.2 Å². The van der Waals surface area contributed by atoms with Crippen molar-refractivity contribution in [2.45, 2.75) is 43.5 Å². The van der Waals surface area contributed by atoms with Crippen LogP contribution in [-0.2, 0) is 10.0 Å². The van der Waals surface area contributed by atoms with Crippen LogP contribution in [0.15, 0.2) is 82.8 Å². The van der Waals surface area contributed by atoms with Crippen molar-refractivity contribution in [3.63, 3.8) is 0 Å². The van der Waals surface area contributed by atoms with Crippen LogP contribution in [0.1, 0.15) is 41.6 Å². The Morgan fingerprint density at radius 2 is 1.72 bits per heavy atom. The third kappa shape index (κ3) is 4.53. The van der Waals surface area contributed by atoms with Crippen LogP contribution in [0.3, 0.4) is 0 Å². The van der Waals surface area contributed by atoms with Crippen LogP contribution >= 0.6 is 0 Å². The van der Waals surface area contributed by atoms with Crippen LogP contribution in [0.25, 0.3) is 0 Å². The molecule has 0 amide bonds. The number of carbonyl (C=O) groups is 1. The van der Waals surface area contributed by atoms with E-state index >= 15 is 0 Å². The molecule has 0 saturated heterocycles. The highest BCUT2D eigenvalue weighted by Crippen LogP contribution is 2.23. The lowest BCUT2D eigenvalue weighted by Crippen LogP contribution is -2.29. The second-order valence-corrected chi connectivity index (χ2v) is 10.1. The maximum atomic E-state index is 13.3. The van der Waals surface area contributed by atoms with E-state index in [-0.39, 0.29) is 16.8 Å². The normalized spacial score (nSPS) is 15.1. The minimum absolute atomic E-state index is 0.0669. The Labute approximate surface area is 188 Å². The fraction of sp³-hybridized carbons (Fsp3) is 0.280. The summed E-state index contributed by atoms with van der Waals surface area (Å²) in [6.07, 6.45) is 6.05. The highest BCUT2D eigenvalue weighted by atomic mass is 32.2. The zero-order valence-electron chi connectivity index (χ0n) is 18.3. The summed E-state index contributed by atoms with van der Waals surface area (Å²) >= 11 is 0. The van der Waals surface area contributed by atoms with Crippen molar-refractivity contribution in [3.05, 3.63) is 89.5 Å². The van der Waals surface area contributed by atoms with Crippen molar-refractivity contribution in [2.75, 3.05) is 11.4 Å². The van der Waals surface area contributed by atoms with Crippen LogP contribution in [-0.4, -0.2) is 32.0 Å². The molecule has 7 heteroatoms. The van der Waals surface area contributed by atoms with Crippen LogP contribution in [0, 0.1) is 6.92 Å². The smallest absolute Gasteiger partial charge is 0.264 e. The number of pyridine rings is 1. The predicted octanol–water partition coefficient (Wildman–Crippen LogP) is 4.15. The average molecular weight is 450 g/mol. The fourth-order valence-electron chi connectivity index (χ4n) is 3.91. The number of benzene rings is 2. The van der Waals surface area contributed by atoms with Gasteiger partial charge in [0.05, 0.1) is 16.6 Å². The minimum Gasteiger partial charge on any atom is -0.269 e. The Morgan fingerprint density at radius 1 is 1.00 bits per heavy atom. The van der Waals surface area contributed by atoms with Crippen LogP contribution in [0.2, 0.25) is 0 Å². The van der Waals surface area contributed by atoms with Gasteiger partial charge in [-0.3, -0.25) is 18.7 Å². The molecule has 0 spiro atoms. The molecule has 32 heavy (non-hydrogen) atoms. The highest BCUT2D eigenvalue weighted by Gasteiger charge is 2.23. The van der Waals surface area contributed by atoms with E-state index in [4.69, 9.17) is 4.99 Å². The highest BCUT2D eigenvalue weighted by molar-refractivity contribution is 7.92. The van der Waals surface area contributed by atoms with Gasteiger partial charge in [0.1, 0.15) is 5.49 Å². The molecule has 0 N–H and O–H groups in total. The maximum absolute atomic E-state index is 13.3. The number of carbonyl (C=O) groups excluding carboxylic acids is 1. The topological polar surface area (TPSA) is 71.7 Å². The van der Waals surface area contributed by atoms with Gasteiger partial charge in [-0.1, -0.05) is 42.7 Å². The summed E-state index contributed by atoms with van der Waals surface area (Å²) in [4.78, 5) is 18.1. The first kappa shape index (κ1) is 22.0. The van der Waals surface area contributed by atoms with E-state index in [9.17, 15) is 13.2 Å². The molecular formula is C25H27N3O3S. The lowest BCUT2D eigenvalue weighted by Gasteiger charge is -2.20. The molecule has 2 aromatic carbocycles. The van der Waals surface area contributed by atoms with Crippen LogP contribution in [0.5, 0.6) is 0 Å². The second kappa shape index (κ2) is 9.12. The summed E-state index contributed by atoms with van der Waals surface area (Å²) < 4.78 is 29.2. The number of anilines is 1. The summed E-state index contributed by atoms with van der Waals surface area (Å²) in [5.74, 6) is -0.308. The molecule has 1 aliphatic carbocycles. The van der Waals surface area contributed by atoms with Gasteiger partial charge in [-0.15, -0.1) is 0 Å². The molecule has 1 fully saturated rings. The standard InChI is InChI=1S/C25H27N3O3S/c1-19-13-15-22(16-14-19)27(2)32(30,31)23-11-7-8-20(18-23)25(29)28-17-6-5-12-24(28)26-21-9-3-4-10-21/h5-8,11-18,21H,3-4,9-10H2,1-2H3. The Balaban J connectivity index is 1.68. The molecule has 6 nitrogen and oxygen atoms in total. The van der Waals surface area contributed by atoms with E-state index < -0.39 is 10.0 Å². The molecule has 1 aliphatic rings. The minimum atomic E-state index is -3.82. The lowest BCUT2D eigenvalue weighted by atomic mass is 10.2. The van der Waals surface area contributed by atoms with Gasteiger partial charge in [-0.05, 0) is 62.2 Å². The number of aryl methyl sites for hydroxylation is 1. The largest absolute Gasteiger partial charge is 0.269 e. The van der Waals surface area contributed by atoms with Crippen LogP contribution in [0.4, 0.5) is 5.69 Å². The number of aromatic nitrogens is 1. The van der Waals surface area contributed by atoms with Crippen LogP contribution < -0.4 is 9.79 Å². The first-order chi connectivity index (χ1) is 15.4. The molecule has 0 aliphatic heterocycles. The van der Waals surface area contributed by atoms with E-state index in [1.807, 2.05) is 31.2 Å². The van der Waals surface area contributed by atoms with Crippen molar-refractivity contribution < 1.29 is 13.2 Å². The molecule has 1 saturated carbocycles. The Hall–Kier alpha value is -3.19. The fourth-order valence-corrected chi connectivity index (χ4v) is 5.15. The summed E-state index contributed by atoms with van der Waals surface area (Å²) in [5, 5.41) is 0. The number of nitrogens with zero attached hydrogens (tertiary/aromatic N) is 3.